The molecule has 0 spiro atoms. The average molecular weight is 155 g/mol. The van der Waals surface area contributed by atoms with Crippen molar-refractivity contribution in [1.29, 1.82) is 0 Å². The first-order valence-corrected chi connectivity index (χ1v) is 4.73. The van der Waals surface area contributed by atoms with Gasteiger partial charge in [-0.3, -0.25) is 0 Å². The van der Waals surface area contributed by atoms with E-state index in [-0.39, 0.29) is 0 Å². The van der Waals surface area contributed by atoms with Crippen LogP contribution >= 0.6 is 0 Å². The van der Waals surface area contributed by atoms with E-state index in [9.17, 15) is 0 Å². The Morgan fingerprint density at radius 1 is 1.18 bits per heavy atom. The van der Waals surface area contributed by atoms with Gasteiger partial charge in [-0.05, 0) is 38.0 Å². The Morgan fingerprint density at radius 2 is 2.00 bits per heavy atom. The molecule has 0 bridgehead atoms. The molecule has 2 saturated carbocycles. The molecule has 0 aliphatic heterocycles. The van der Waals surface area contributed by atoms with Crippen LogP contribution in [0.25, 0.3) is 0 Å². The fraction of sp³-hybridized carbons (Fsp3) is 1.00. The van der Waals surface area contributed by atoms with Crippen LogP contribution in [0.15, 0.2) is 0 Å². The Hall–Kier alpha value is -0.0800. The third kappa shape index (κ3) is 1.94. The molecule has 2 aliphatic rings. The van der Waals surface area contributed by atoms with E-state index in [1.165, 1.54) is 25.7 Å². The van der Waals surface area contributed by atoms with Crippen LogP contribution in [-0.2, 0) is 4.74 Å². The Kier molecular flexibility index (Phi) is 2.14. The SMILES string of the molecule is NC1CCCC1OCC1CC1. The summed E-state index contributed by atoms with van der Waals surface area (Å²) in [6, 6.07) is 0.328. The van der Waals surface area contributed by atoms with E-state index in [1.807, 2.05) is 0 Å². The van der Waals surface area contributed by atoms with Gasteiger partial charge >= 0.3 is 0 Å². The Bertz CT molecular complexity index is 134. The summed E-state index contributed by atoms with van der Waals surface area (Å²) in [6.45, 7) is 0.971. The molecule has 11 heavy (non-hydrogen) atoms. The molecule has 0 aromatic rings. The normalized spacial score (nSPS) is 37.9. The third-order valence-electron chi connectivity index (χ3n) is 2.75. The summed E-state index contributed by atoms with van der Waals surface area (Å²) in [5.41, 5.74) is 5.86. The summed E-state index contributed by atoms with van der Waals surface area (Å²) in [7, 11) is 0. The lowest BCUT2D eigenvalue weighted by Gasteiger charge is -2.15. The van der Waals surface area contributed by atoms with Crippen LogP contribution in [-0.4, -0.2) is 18.8 Å². The minimum Gasteiger partial charge on any atom is -0.376 e. The first-order valence-electron chi connectivity index (χ1n) is 4.73. The first kappa shape index (κ1) is 7.56. The standard InChI is InChI=1S/C9H17NO/c10-8-2-1-3-9(8)11-6-7-4-5-7/h7-9H,1-6,10H2. The maximum absolute atomic E-state index is 5.86. The van der Waals surface area contributed by atoms with Crippen LogP contribution in [0.3, 0.4) is 0 Å². The monoisotopic (exact) mass is 155 g/mol. The van der Waals surface area contributed by atoms with Gasteiger partial charge < -0.3 is 10.5 Å². The molecule has 2 rings (SSSR count). The molecule has 0 heterocycles. The molecule has 0 aromatic carbocycles. The lowest BCUT2D eigenvalue weighted by atomic mass is 10.2. The van der Waals surface area contributed by atoms with Gasteiger partial charge in [0.2, 0.25) is 0 Å². The van der Waals surface area contributed by atoms with Crippen molar-refractivity contribution in [2.45, 2.75) is 44.2 Å². The van der Waals surface area contributed by atoms with Crippen LogP contribution < -0.4 is 5.73 Å². The summed E-state index contributed by atoms with van der Waals surface area (Å²) in [5.74, 6) is 0.878. The maximum atomic E-state index is 5.86. The molecule has 2 fully saturated rings. The van der Waals surface area contributed by atoms with Crippen molar-refractivity contribution in [3.05, 3.63) is 0 Å². The zero-order valence-corrected chi connectivity index (χ0v) is 6.96. The van der Waals surface area contributed by atoms with E-state index >= 15 is 0 Å². The van der Waals surface area contributed by atoms with Gasteiger partial charge in [-0.2, -0.15) is 0 Å². The maximum Gasteiger partial charge on any atom is 0.0726 e. The minimum absolute atomic E-state index is 0.328. The van der Waals surface area contributed by atoms with Gasteiger partial charge in [-0.25, -0.2) is 0 Å². The van der Waals surface area contributed by atoms with Gasteiger partial charge in [0.1, 0.15) is 0 Å². The van der Waals surface area contributed by atoms with Crippen LogP contribution in [0, 0.1) is 5.92 Å². The molecule has 0 aromatic heterocycles. The quantitative estimate of drug-likeness (QED) is 0.666. The van der Waals surface area contributed by atoms with E-state index in [4.69, 9.17) is 10.5 Å². The molecular weight excluding hydrogens is 138 g/mol. The highest BCUT2D eigenvalue weighted by atomic mass is 16.5. The van der Waals surface area contributed by atoms with Gasteiger partial charge in [0.15, 0.2) is 0 Å². The molecule has 2 N–H and O–H groups in total. The molecular formula is C9H17NO. The first-order chi connectivity index (χ1) is 5.36. The smallest absolute Gasteiger partial charge is 0.0726 e. The molecule has 2 atom stereocenters. The second-order valence-electron chi connectivity index (χ2n) is 3.91. The molecule has 64 valence electrons. The summed E-state index contributed by atoms with van der Waals surface area (Å²) in [4.78, 5) is 0. The topological polar surface area (TPSA) is 35.2 Å². The third-order valence-corrected chi connectivity index (χ3v) is 2.75. The van der Waals surface area contributed by atoms with Crippen molar-refractivity contribution in [1.82, 2.24) is 0 Å². The Labute approximate surface area is 68.1 Å². The highest BCUT2D eigenvalue weighted by Gasteiger charge is 2.28. The van der Waals surface area contributed by atoms with Crippen molar-refractivity contribution in [2.75, 3.05) is 6.61 Å². The molecule has 0 saturated heterocycles. The highest BCUT2D eigenvalue weighted by Crippen LogP contribution is 2.30. The summed E-state index contributed by atoms with van der Waals surface area (Å²) in [5, 5.41) is 0. The zero-order valence-electron chi connectivity index (χ0n) is 6.96. The van der Waals surface area contributed by atoms with Gasteiger partial charge in [0.05, 0.1) is 6.10 Å². The fourth-order valence-electron chi connectivity index (χ4n) is 1.71. The summed E-state index contributed by atoms with van der Waals surface area (Å²) >= 11 is 0. The largest absolute Gasteiger partial charge is 0.376 e. The Balaban J connectivity index is 1.67. The van der Waals surface area contributed by atoms with Crippen molar-refractivity contribution in [3.63, 3.8) is 0 Å². The van der Waals surface area contributed by atoms with Crippen molar-refractivity contribution >= 4 is 0 Å². The average Bonchev–Trinajstić information content (AvgIpc) is 2.73. The van der Waals surface area contributed by atoms with Crippen molar-refractivity contribution < 1.29 is 4.74 Å². The number of hydrogen-bond acceptors (Lipinski definition) is 2. The van der Waals surface area contributed by atoms with E-state index in [1.54, 1.807) is 0 Å². The minimum atomic E-state index is 0.328. The van der Waals surface area contributed by atoms with Gasteiger partial charge in [-0.15, -0.1) is 0 Å². The van der Waals surface area contributed by atoms with Crippen LogP contribution in [0.2, 0.25) is 0 Å². The predicted octanol–water partition coefficient (Wildman–Crippen LogP) is 1.29. The van der Waals surface area contributed by atoms with E-state index in [0.29, 0.717) is 12.1 Å². The van der Waals surface area contributed by atoms with Crippen LogP contribution in [0.1, 0.15) is 32.1 Å². The van der Waals surface area contributed by atoms with Gasteiger partial charge in [-0.1, -0.05) is 0 Å². The number of hydrogen-bond donors (Lipinski definition) is 1. The summed E-state index contributed by atoms with van der Waals surface area (Å²) < 4.78 is 5.71. The lowest BCUT2D eigenvalue weighted by Crippen LogP contribution is -2.31. The second kappa shape index (κ2) is 3.11. The molecule has 2 nitrogen and oxygen atoms in total. The molecule has 0 radical (unpaired) electrons. The molecule has 0 amide bonds. The predicted molar refractivity (Wildman–Crippen MR) is 44.3 cm³/mol. The molecule has 2 heteroatoms. The van der Waals surface area contributed by atoms with Crippen molar-refractivity contribution in [3.8, 4) is 0 Å². The van der Waals surface area contributed by atoms with Crippen LogP contribution in [0.4, 0.5) is 0 Å². The lowest BCUT2D eigenvalue weighted by molar-refractivity contribution is 0.0411. The van der Waals surface area contributed by atoms with Gasteiger partial charge in [0.25, 0.3) is 0 Å². The number of ether oxygens (including phenoxy) is 1. The second-order valence-corrected chi connectivity index (χ2v) is 3.91. The fourth-order valence-corrected chi connectivity index (χ4v) is 1.71. The van der Waals surface area contributed by atoms with E-state index < -0.39 is 0 Å². The van der Waals surface area contributed by atoms with E-state index in [2.05, 4.69) is 0 Å². The Morgan fingerprint density at radius 3 is 2.55 bits per heavy atom. The van der Waals surface area contributed by atoms with Crippen LogP contribution in [0.5, 0.6) is 0 Å². The van der Waals surface area contributed by atoms with Gasteiger partial charge in [0, 0.05) is 12.6 Å². The summed E-state index contributed by atoms with van der Waals surface area (Å²) in [6.07, 6.45) is 6.75. The van der Waals surface area contributed by atoms with Crippen molar-refractivity contribution in [2.24, 2.45) is 11.7 Å². The number of rotatable bonds is 3. The highest BCUT2D eigenvalue weighted by molar-refractivity contribution is 4.82. The molecule has 2 unspecified atom stereocenters. The zero-order chi connectivity index (χ0) is 7.68. The van der Waals surface area contributed by atoms with E-state index in [0.717, 1.165) is 18.9 Å². The molecule has 2 aliphatic carbocycles. The number of nitrogens with two attached hydrogens (primary N) is 1.